The Labute approximate surface area is 159 Å². The fraction of sp³-hybridized carbons (Fsp3) is 0.579. The first-order valence-electron chi connectivity index (χ1n) is 9.16. The number of methoxy groups -OCH3 is 1. The number of carbonyl (C=O) groups excluding carboxylic acids is 2. The molecule has 2 aliphatic rings. The van der Waals surface area contributed by atoms with Gasteiger partial charge in [-0.15, -0.1) is 0 Å². The molecule has 6 nitrogen and oxygen atoms in total. The van der Waals surface area contributed by atoms with E-state index in [2.05, 4.69) is 15.5 Å². The summed E-state index contributed by atoms with van der Waals surface area (Å²) in [6.07, 6.45) is 3.81. The Hall–Kier alpha value is -1.79. The molecule has 1 unspecified atom stereocenters. The molecule has 7 heteroatoms. The van der Waals surface area contributed by atoms with Crippen molar-refractivity contribution in [3.63, 3.8) is 0 Å². The summed E-state index contributed by atoms with van der Waals surface area (Å²) in [6, 6.07) is 5.18. The lowest BCUT2D eigenvalue weighted by Gasteiger charge is -2.35. The maximum Gasteiger partial charge on any atom is 0.241 e. The highest BCUT2D eigenvalue weighted by Gasteiger charge is 2.33. The van der Waals surface area contributed by atoms with Crippen LogP contribution >= 0.6 is 11.6 Å². The average molecular weight is 380 g/mol. The van der Waals surface area contributed by atoms with Gasteiger partial charge in [0, 0.05) is 30.7 Å². The van der Waals surface area contributed by atoms with E-state index in [0.717, 1.165) is 38.8 Å². The van der Waals surface area contributed by atoms with Crippen LogP contribution in [0.5, 0.6) is 5.75 Å². The Morgan fingerprint density at radius 3 is 2.50 bits per heavy atom. The number of hydrogen-bond donors (Lipinski definition) is 2. The number of likely N-dealkylation sites (tertiary alicyclic amines) is 1. The number of rotatable bonds is 6. The third-order valence-electron chi connectivity index (χ3n) is 5.17. The summed E-state index contributed by atoms with van der Waals surface area (Å²) in [5.41, 5.74) is 0.652. The minimum atomic E-state index is -0.240. The zero-order valence-corrected chi connectivity index (χ0v) is 16.0. The van der Waals surface area contributed by atoms with Crippen molar-refractivity contribution in [2.45, 2.75) is 44.7 Å². The van der Waals surface area contributed by atoms with Crippen molar-refractivity contribution < 1.29 is 14.3 Å². The molecule has 2 fully saturated rings. The Kier molecular flexibility index (Phi) is 6.04. The van der Waals surface area contributed by atoms with Crippen LogP contribution in [0.3, 0.4) is 0 Å². The smallest absolute Gasteiger partial charge is 0.241 e. The largest absolute Gasteiger partial charge is 0.495 e. The maximum atomic E-state index is 12.5. The normalized spacial score (nSPS) is 19.7. The van der Waals surface area contributed by atoms with Crippen LogP contribution in [0.4, 0.5) is 5.69 Å². The second-order valence-corrected chi connectivity index (χ2v) is 7.51. The molecule has 3 rings (SSSR count). The summed E-state index contributed by atoms with van der Waals surface area (Å²) in [5, 5.41) is 6.50. The Morgan fingerprint density at radius 2 is 1.92 bits per heavy atom. The Morgan fingerprint density at radius 1 is 1.23 bits per heavy atom. The lowest BCUT2D eigenvalue weighted by Crippen LogP contribution is -2.50. The van der Waals surface area contributed by atoms with Crippen LogP contribution in [0.1, 0.15) is 32.6 Å². The molecule has 0 spiro atoms. The number of ether oxygens (including phenoxy) is 1. The average Bonchev–Trinajstić information content (AvgIpc) is 3.47. The predicted octanol–water partition coefficient (Wildman–Crippen LogP) is 2.67. The van der Waals surface area contributed by atoms with Crippen molar-refractivity contribution in [1.29, 1.82) is 0 Å². The Balaban J connectivity index is 1.48. The molecule has 142 valence electrons. The molecule has 1 aliphatic carbocycles. The van der Waals surface area contributed by atoms with E-state index in [0.29, 0.717) is 16.5 Å². The second kappa shape index (κ2) is 8.27. The Bertz CT molecular complexity index is 670. The summed E-state index contributed by atoms with van der Waals surface area (Å²) in [5.74, 6) is 0.958. The second-order valence-electron chi connectivity index (χ2n) is 7.11. The predicted molar refractivity (Wildman–Crippen MR) is 102 cm³/mol. The highest BCUT2D eigenvalue weighted by Crippen LogP contribution is 2.29. The van der Waals surface area contributed by atoms with E-state index >= 15 is 0 Å². The minimum Gasteiger partial charge on any atom is -0.495 e. The van der Waals surface area contributed by atoms with Crippen LogP contribution in [0.2, 0.25) is 5.02 Å². The van der Waals surface area contributed by atoms with Crippen LogP contribution in [0.25, 0.3) is 0 Å². The highest BCUT2D eigenvalue weighted by atomic mass is 35.5. The van der Waals surface area contributed by atoms with Gasteiger partial charge < -0.3 is 15.4 Å². The number of piperidine rings is 1. The monoisotopic (exact) mass is 379 g/mol. The SMILES string of the molecule is COc1ccc(NC(=O)C(C)N2CCC(NC(=O)C3CC3)CC2)cc1Cl. The van der Waals surface area contributed by atoms with E-state index in [4.69, 9.17) is 16.3 Å². The molecule has 0 aromatic heterocycles. The summed E-state index contributed by atoms with van der Waals surface area (Å²) in [4.78, 5) is 26.6. The van der Waals surface area contributed by atoms with Crippen molar-refractivity contribution in [3.05, 3.63) is 23.2 Å². The van der Waals surface area contributed by atoms with E-state index in [1.54, 1.807) is 25.3 Å². The zero-order chi connectivity index (χ0) is 18.7. The minimum absolute atomic E-state index is 0.0632. The van der Waals surface area contributed by atoms with Gasteiger partial charge in [-0.1, -0.05) is 11.6 Å². The number of carbonyl (C=O) groups is 2. The lowest BCUT2D eigenvalue weighted by molar-refractivity contribution is -0.124. The molecule has 1 aliphatic heterocycles. The van der Waals surface area contributed by atoms with Crippen LogP contribution in [-0.4, -0.2) is 49.0 Å². The van der Waals surface area contributed by atoms with E-state index in [1.807, 2.05) is 6.92 Å². The summed E-state index contributed by atoms with van der Waals surface area (Å²) in [6.45, 7) is 3.50. The van der Waals surface area contributed by atoms with Crippen molar-refractivity contribution in [1.82, 2.24) is 10.2 Å². The lowest BCUT2D eigenvalue weighted by atomic mass is 10.0. The molecule has 1 aromatic carbocycles. The van der Waals surface area contributed by atoms with Crippen molar-refractivity contribution in [2.75, 3.05) is 25.5 Å². The number of anilines is 1. The van der Waals surface area contributed by atoms with Gasteiger partial charge in [0.05, 0.1) is 18.2 Å². The van der Waals surface area contributed by atoms with Crippen molar-refractivity contribution in [3.8, 4) is 5.75 Å². The summed E-state index contributed by atoms with van der Waals surface area (Å²) in [7, 11) is 1.55. The van der Waals surface area contributed by atoms with E-state index < -0.39 is 0 Å². The fourth-order valence-corrected chi connectivity index (χ4v) is 3.51. The van der Waals surface area contributed by atoms with E-state index in [-0.39, 0.29) is 29.8 Å². The van der Waals surface area contributed by atoms with Crippen molar-refractivity contribution in [2.24, 2.45) is 5.92 Å². The quantitative estimate of drug-likeness (QED) is 0.797. The molecular weight excluding hydrogens is 354 g/mol. The molecule has 1 heterocycles. The maximum absolute atomic E-state index is 12.5. The zero-order valence-electron chi connectivity index (χ0n) is 15.3. The molecule has 0 bridgehead atoms. The fourth-order valence-electron chi connectivity index (χ4n) is 3.25. The first-order chi connectivity index (χ1) is 12.5. The molecule has 1 atom stereocenters. The third kappa shape index (κ3) is 4.68. The van der Waals surface area contributed by atoms with E-state index in [9.17, 15) is 9.59 Å². The van der Waals surface area contributed by atoms with Gasteiger partial charge in [0.1, 0.15) is 5.75 Å². The van der Waals surface area contributed by atoms with Crippen molar-refractivity contribution >= 4 is 29.1 Å². The number of halogens is 1. The topological polar surface area (TPSA) is 70.7 Å². The highest BCUT2D eigenvalue weighted by molar-refractivity contribution is 6.32. The van der Waals surface area contributed by atoms with Crippen LogP contribution in [0.15, 0.2) is 18.2 Å². The third-order valence-corrected chi connectivity index (χ3v) is 5.47. The van der Waals surface area contributed by atoms with Gasteiger partial charge in [0.25, 0.3) is 0 Å². The van der Waals surface area contributed by atoms with Gasteiger partial charge in [-0.2, -0.15) is 0 Å². The molecule has 2 amide bonds. The molecule has 1 saturated heterocycles. The summed E-state index contributed by atoms with van der Waals surface area (Å²) >= 11 is 6.10. The number of benzene rings is 1. The van der Waals surface area contributed by atoms with Gasteiger partial charge in [-0.05, 0) is 50.8 Å². The number of amides is 2. The van der Waals surface area contributed by atoms with Gasteiger partial charge in [0.15, 0.2) is 0 Å². The summed E-state index contributed by atoms with van der Waals surface area (Å²) < 4.78 is 5.12. The van der Waals surface area contributed by atoms with Gasteiger partial charge >= 0.3 is 0 Å². The molecule has 0 radical (unpaired) electrons. The first kappa shape index (κ1) is 19.0. The number of nitrogens with zero attached hydrogens (tertiary/aromatic N) is 1. The van der Waals surface area contributed by atoms with Crippen LogP contribution < -0.4 is 15.4 Å². The van der Waals surface area contributed by atoms with Gasteiger partial charge in [-0.3, -0.25) is 14.5 Å². The molecule has 2 N–H and O–H groups in total. The van der Waals surface area contributed by atoms with Crippen LogP contribution in [0, 0.1) is 5.92 Å². The number of nitrogens with one attached hydrogen (secondary N) is 2. The standard InChI is InChI=1S/C19H26ClN3O3/c1-12(18(24)22-15-5-6-17(26-2)16(20)11-15)23-9-7-14(8-10-23)21-19(25)13-3-4-13/h5-6,11-14H,3-4,7-10H2,1-2H3,(H,21,25)(H,22,24). The van der Waals surface area contributed by atoms with Gasteiger partial charge in [0.2, 0.25) is 11.8 Å². The first-order valence-corrected chi connectivity index (χ1v) is 9.54. The van der Waals surface area contributed by atoms with E-state index in [1.165, 1.54) is 0 Å². The number of hydrogen-bond acceptors (Lipinski definition) is 4. The molecular formula is C19H26ClN3O3. The van der Waals surface area contributed by atoms with Gasteiger partial charge in [-0.25, -0.2) is 0 Å². The molecule has 1 saturated carbocycles. The van der Waals surface area contributed by atoms with Crippen LogP contribution in [-0.2, 0) is 9.59 Å². The molecule has 26 heavy (non-hydrogen) atoms. The molecule has 1 aromatic rings.